The van der Waals surface area contributed by atoms with Crippen LogP contribution >= 0.6 is 0 Å². The average Bonchev–Trinajstić information content (AvgIpc) is 2.24. The number of amides is 1. The van der Waals surface area contributed by atoms with E-state index >= 15 is 0 Å². The van der Waals surface area contributed by atoms with Crippen LogP contribution in [0.25, 0.3) is 0 Å². The van der Waals surface area contributed by atoms with E-state index in [1.54, 1.807) is 0 Å². The van der Waals surface area contributed by atoms with Gasteiger partial charge in [0.05, 0.1) is 6.10 Å². The molecule has 0 spiro atoms. The van der Waals surface area contributed by atoms with Crippen LogP contribution in [0.1, 0.15) is 47.0 Å². The molecule has 1 atom stereocenters. The van der Waals surface area contributed by atoms with Gasteiger partial charge in [-0.1, -0.05) is 27.7 Å². The number of hydrogen-bond acceptors (Lipinski definition) is 2. The molecule has 0 aromatic heterocycles. The summed E-state index contributed by atoms with van der Waals surface area (Å²) in [6.45, 7) is 10.5. The van der Waals surface area contributed by atoms with Gasteiger partial charge in [-0.05, 0) is 19.3 Å². The van der Waals surface area contributed by atoms with E-state index in [4.69, 9.17) is 4.74 Å². The van der Waals surface area contributed by atoms with Crippen LogP contribution in [0.4, 0.5) is 0 Å². The van der Waals surface area contributed by atoms with Crippen molar-refractivity contribution in [3.05, 3.63) is 0 Å². The summed E-state index contributed by atoms with van der Waals surface area (Å²) in [4.78, 5) is 14.1. The lowest BCUT2D eigenvalue weighted by Gasteiger charge is -2.36. The van der Waals surface area contributed by atoms with Crippen LogP contribution in [-0.2, 0) is 9.53 Å². The molecule has 0 bridgehead atoms. The van der Waals surface area contributed by atoms with Gasteiger partial charge >= 0.3 is 0 Å². The van der Waals surface area contributed by atoms with E-state index in [-0.39, 0.29) is 17.4 Å². The van der Waals surface area contributed by atoms with Crippen molar-refractivity contribution >= 4 is 5.91 Å². The van der Waals surface area contributed by atoms with Gasteiger partial charge in [-0.25, -0.2) is 0 Å². The standard InChI is InChI=1S/C13H25NO2/c1-5-9-16-11-7-6-8-14(10-11)12(15)13(2,3)4/h11H,5-10H2,1-4H3. The van der Waals surface area contributed by atoms with E-state index in [0.29, 0.717) is 0 Å². The van der Waals surface area contributed by atoms with Gasteiger partial charge in [-0.2, -0.15) is 0 Å². The molecule has 1 aliphatic rings. The van der Waals surface area contributed by atoms with Crippen molar-refractivity contribution in [3.63, 3.8) is 0 Å². The van der Waals surface area contributed by atoms with Gasteiger partial charge in [0, 0.05) is 25.1 Å². The van der Waals surface area contributed by atoms with E-state index in [2.05, 4.69) is 6.92 Å². The maximum atomic E-state index is 12.1. The summed E-state index contributed by atoms with van der Waals surface area (Å²) in [5, 5.41) is 0. The fourth-order valence-corrected chi connectivity index (χ4v) is 2.02. The van der Waals surface area contributed by atoms with E-state index in [0.717, 1.165) is 39.0 Å². The molecule has 3 heteroatoms. The number of carbonyl (C=O) groups is 1. The molecule has 0 saturated carbocycles. The van der Waals surface area contributed by atoms with Crippen LogP contribution in [0.3, 0.4) is 0 Å². The molecule has 1 saturated heterocycles. The molecule has 1 fully saturated rings. The normalized spacial score (nSPS) is 22.2. The summed E-state index contributed by atoms with van der Waals surface area (Å²) in [6, 6.07) is 0. The highest BCUT2D eigenvalue weighted by atomic mass is 16.5. The van der Waals surface area contributed by atoms with Crippen LogP contribution in [0.2, 0.25) is 0 Å². The topological polar surface area (TPSA) is 29.5 Å². The zero-order valence-electron chi connectivity index (χ0n) is 11.1. The fraction of sp³-hybridized carbons (Fsp3) is 0.923. The summed E-state index contributed by atoms with van der Waals surface area (Å²) < 4.78 is 5.73. The van der Waals surface area contributed by atoms with Gasteiger partial charge in [0.1, 0.15) is 0 Å². The molecular weight excluding hydrogens is 202 g/mol. The Morgan fingerprint density at radius 3 is 2.69 bits per heavy atom. The Morgan fingerprint density at radius 1 is 1.44 bits per heavy atom. The Balaban J connectivity index is 2.47. The highest BCUT2D eigenvalue weighted by Gasteiger charge is 2.31. The lowest BCUT2D eigenvalue weighted by Crippen LogP contribution is -2.47. The molecule has 0 N–H and O–H groups in total. The number of piperidine rings is 1. The van der Waals surface area contributed by atoms with Gasteiger partial charge in [0.15, 0.2) is 0 Å². The van der Waals surface area contributed by atoms with Gasteiger partial charge in [0.2, 0.25) is 5.91 Å². The van der Waals surface area contributed by atoms with Gasteiger partial charge in [-0.15, -0.1) is 0 Å². The first kappa shape index (κ1) is 13.5. The van der Waals surface area contributed by atoms with Crippen LogP contribution in [0.5, 0.6) is 0 Å². The van der Waals surface area contributed by atoms with Gasteiger partial charge < -0.3 is 9.64 Å². The van der Waals surface area contributed by atoms with Crippen LogP contribution < -0.4 is 0 Å². The van der Waals surface area contributed by atoms with Gasteiger partial charge in [-0.3, -0.25) is 4.79 Å². The predicted octanol–water partition coefficient (Wildman–Crippen LogP) is 2.45. The van der Waals surface area contributed by atoms with E-state index in [1.165, 1.54) is 0 Å². The molecule has 1 unspecified atom stereocenters. The lowest BCUT2D eigenvalue weighted by molar-refractivity contribution is -0.143. The van der Waals surface area contributed by atoms with Crippen molar-refractivity contribution in [1.29, 1.82) is 0 Å². The number of ether oxygens (including phenoxy) is 1. The predicted molar refractivity (Wildman–Crippen MR) is 65.3 cm³/mol. The number of hydrogen-bond donors (Lipinski definition) is 0. The third-order valence-electron chi connectivity index (χ3n) is 2.86. The first-order valence-corrected chi connectivity index (χ1v) is 6.36. The lowest BCUT2D eigenvalue weighted by atomic mass is 9.93. The molecule has 1 amide bonds. The smallest absolute Gasteiger partial charge is 0.228 e. The molecule has 1 rings (SSSR count). The van der Waals surface area contributed by atoms with Crippen LogP contribution in [0.15, 0.2) is 0 Å². The average molecular weight is 227 g/mol. The SMILES string of the molecule is CCCOC1CCCN(C(=O)C(C)(C)C)C1. The number of carbonyl (C=O) groups excluding carboxylic acids is 1. The van der Waals surface area contributed by atoms with E-state index < -0.39 is 0 Å². The minimum absolute atomic E-state index is 0.247. The summed E-state index contributed by atoms with van der Waals surface area (Å²) in [5.74, 6) is 0.247. The molecule has 94 valence electrons. The largest absolute Gasteiger partial charge is 0.376 e. The number of nitrogens with zero attached hydrogens (tertiary/aromatic N) is 1. The van der Waals surface area contributed by atoms with Crippen LogP contribution in [-0.4, -0.2) is 36.6 Å². The summed E-state index contributed by atoms with van der Waals surface area (Å²) in [6.07, 6.45) is 3.45. The summed E-state index contributed by atoms with van der Waals surface area (Å²) in [5.41, 5.74) is -0.271. The Hall–Kier alpha value is -0.570. The summed E-state index contributed by atoms with van der Waals surface area (Å²) in [7, 11) is 0. The molecule has 0 radical (unpaired) electrons. The van der Waals surface area contributed by atoms with Crippen molar-refractivity contribution in [1.82, 2.24) is 4.90 Å². The second kappa shape index (κ2) is 5.67. The number of rotatable bonds is 3. The maximum absolute atomic E-state index is 12.1. The van der Waals surface area contributed by atoms with Crippen molar-refractivity contribution in [2.75, 3.05) is 19.7 Å². The van der Waals surface area contributed by atoms with Crippen molar-refractivity contribution in [2.24, 2.45) is 5.41 Å². The van der Waals surface area contributed by atoms with Crippen molar-refractivity contribution in [3.8, 4) is 0 Å². The third-order valence-corrected chi connectivity index (χ3v) is 2.86. The molecular formula is C13H25NO2. The monoisotopic (exact) mass is 227 g/mol. The van der Waals surface area contributed by atoms with Crippen molar-refractivity contribution in [2.45, 2.75) is 53.1 Å². The maximum Gasteiger partial charge on any atom is 0.228 e. The molecule has 0 aromatic carbocycles. The second-order valence-corrected chi connectivity index (χ2v) is 5.64. The van der Waals surface area contributed by atoms with Gasteiger partial charge in [0.25, 0.3) is 0 Å². The Bertz CT molecular complexity index is 233. The Labute approximate surface area is 99.1 Å². The van der Waals surface area contributed by atoms with Crippen LogP contribution in [0, 0.1) is 5.41 Å². The zero-order chi connectivity index (χ0) is 12.2. The quantitative estimate of drug-likeness (QED) is 0.741. The fourth-order valence-electron chi connectivity index (χ4n) is 2.02. The highest BCUT2D eigenvalue weighted by Crippen LogP contribution is 2.21. The summed E-state index contributed by atoms with van der Waals surface area (Å²) >= 11 is 0. The van der Waals surface area contributed by atoms with Crippen molar-refractivity contribution < 1.29 is 9.53 Å². The first-order valence-electron chi connectivity index (χ1n) is 6.36. The Morgan fingerprint density at radius 2 is 2.12 bits per heavy atom. The van der Waals surface area contributed by atoms with E-state index in [9.17, 15) is 4.79 Å². The molecule has 0 aromatic rings. The zero-order valence-corrected chi connectivity index (χ0v) is 11.1. The Kier molecular flexibility index (Phi) is 4.78. The van der Waals surface area contributed by atoms with E-state index in [1.807, 2.05) is 25.7 Å². The molecule has 1 aliphatic heterocycles. The minimum Gasteiger partial charge on any atom is -0.376 e. The molecule has 3 nitrogen and oxygen atoms in total. The second-order valence-electron chi connectivity index (χ2n) is 5.64. The number of likely N-dealkylation sites (tertiary alicyclic amines) is 1. The molecule has 1 heterocycles. The highest BCUT2D eigenvalue weighted by molar-refractivity contribution is 5.81. The molecule has 16 heavy (non-hydrogen) atoms. The minimum atomic E-state index is -0.271. The molecule has 0 aliphatic carbocycles. The third kappa shape index (κ3) is 3.78. The first-order chi connectivity index (χ1) is 7.45.